The third-order valence-electron chi connectivity index (χ3n) is 1.74. The first-order valence-corrected chi connectivity index (χ1v) is 4.50. The maximum absolute atomic E-state index is 12.0. The van der Waals surface area contributed by atoms with Gasteiger partial charge in [0, 0.05) is 21.5 Å². The van der Waals surface area contributed by atoms with Crippen LogP contribution in [0.15, 0.2) is 30.3 Å². The molecule has 1 radical (unpaired) electrons. The molecular weight excluding hydrogens is 190 g/mol. The highest BCUT2D eigenvalue weighted by Gasteiger charge is 2.00. The lowest BCUT2D eigenvalue weighted by Gasteiger charge is -1.94. The van der Waals surface area contributed by atoms with Gasteiger partial charge in [-0.05, 0) is 17.7 Å². The van der Waals surface area contributed by atoms with Crippen LogP contribution in [0.1, 0.15) is 5.56 Å². The molecule has 0 aliphatic carbocycles. The number of benzene rings is 1. The Morgan fingerprint density at radius 3 is 3.00 bits per heavy atom. The summed E-state index contributed by atoms with van der Waals surface area (Å²) < 4.78 is 25.0. The summed E-state index contributed by atoms with van der Waals surface area (Å²) >= 11 is 1.43. The summed E-state index contributed by atoms with van der Waals surface area (Å²) in [7, 11) is 0. The van der Waals surface area contributed by atoms with Gasteiger partial charge < -0.3 is 0 Å². The van der Waals surface area contributed by atoms with E-state index in [-0.39, 0.29) is 0 Å². The van der Waals surface area contributed by atoms with Crippen molar-refractivity contribution in [3.8, 4) is 0 Å². The molecule has 0 saturated carbocycles. The molecule has 0 saturated heterocycles. The Hall–Kier alpha value is -1.22. The molecule has 2 rings (SSSR count). The molecule has 0 aliphatic heterocycles. The van der Waals surface area contributed by atoms with Gasteiger partial charge in [-0.2, -0.15) is 8.78 Å². The summed E-state index contributed by atoms with van der Waals surface area (Å²) in [5, 5.41) is 3.75. The van der Waals surface area contributed by atoms with Gasteiger partial charge >= 0.3 is 0 Å². The third kappa shape index (κ3) is 1.60. The largest absolute Gasteiger partial charge is 0.270 e. The van der Waals surface area contributed by atoms with Crippen molar-refractivity contribution in [3.63, 3.8) is 0 Å². The molecule has 1 aromatic heterocycles. The fraction of sp³-hybridized carbons (Fsp3) is 0. The number of rotatable bonds is 1. The van der Waals surface area contributed by atoms with Crippen LogP contribution in [-0.2, 0) is 0 Å². The number of fused-ring (bicyclic) bond motifs is 1. The molecule has 0 amide bonds. The maximum Gasteiger partial charge on any atom is 0.270 e. The summed E-state index contributed by atoms with van der Waals surface area (Å²) in [5.74, 6) is 0. The van der Waals surface area contributed by atoms with Gasteiger partial charge in [-0.15, -0.1) is 11.3 Å². The number of hydrogen-bond acceptors (Lipinski definition) is 1. The Bertz CT molecular complexity index is 453. The van der Waals surface area contributed by atoms with Gasteiger partial charge in [-0.3, -0.25) is 0 Å². The average molecular weight is 195 g/mol. The molecule has 0 bridgehead atoms. The highest BCUT2D eigenvalue weighted by Crippen LogP contribution is 2.25. The van der Waals surface area contributed by atoms with E-state index in [4.69, 9.17) is 0 Å². The fourth-order valence-corrected chi connectivity index (χ4v) is 1.94. The van der Waals surface area contributed by atoms with Gasteiger partial charge in [0.25, 0.3) is 6.08 Å². The maximum atomic E-state index is 12.0. The lowest BCUT2D eigenvalue weighted by Crippen LogP contribution is -1.72. The van der Waals surface area contributed by atoms with Crippen LogP contribution in [0.3, 0.4) is 0 Å². The van der Waals surface area contributed by atoms with Crippen LogP contribution in [0, 0.1) is 5.38 Å². The van der Waals surface area contributed by atoms with Crippen molar-refractivity contribution in [1.82, 2.24) is 0 Å². The predicted octanol–water partition coefficient (Wildman–Crippen LogP) is 3.94. The molecule has 3 heteroatoms. The van der Waals surface area contributed by atoms with Crippen LogP contribution >= 0.6 is 11.3 Å². The Morgan fingerprint density at radius 1 is 1.38 bits per heavy atom. The Labute approximate surface area is 78.1 Å². The minimum Gasteiger partial charge on any atom is -0.173 e. The summed E-state index contributed by atoms with van der Waals surface area (Å²) in [6, 6.07) is 7.06. The van der Waals surface area contributed by atoms with Gasteiger partial charge in [0.1, 0.15) is 0 Å². The van der Waals surface area contributed by atoms with Crippen molar-refractivity contribution < 1.29 is 8.78 Å². The van der Waals surface area contributed by atoms with Crippen LogP contribution < -0.4 is 0 Å². The second kappa shape index (κ2) is 3.26. The first-order valence-electron chi connectivity index (χ1n) is 3.68. The number of thiophene rings is 1. The Morgan fingerprint density at radius 2 is 2.23 bits per heavy atom. The standard InChI is InChI=1S/C10H5F2S/c11-10(12)6-7-2-1-3-9-8(7)4-5-13-9/h1-4,6H. The molecule has 1 heterocycles. The van der Waals surface area contributed by atoms with E-state index in [1.807, 2.05) is 6.07 Å². The van der Waals surface area contributed by atoms with Crippen molar-refractivity contribution in [2.75, 3.05) is 0 Å². The quantitative estimate of drug-likeness (QED) is 0.646. The highest BCUT2D eigenvalue weighted by molar-refractivity contribution is 7.16. The SMILES string of the molecule is FC(F)=Cc1cccc2s[c]cc12. The fourth-order valence-electron chi connectivity index (χ4n) is 1.20. The summed E-state index contributed by atoms with van der Waals surface area (Å²) in [5.41, 5.74) is 0.551. The van der Waals surface area contributed by atoms with Crippen LogP contribution in [0.2, 0.25) is 0 Å². The predicted molar refractivity (Wildman–Crippen MR) is 50.9 cm³/mol. The van der Waals surface area contributed by atoms with E-state index in [0.29, 0.717) is 5.56 Å². The molecule has 0 atom stereocenters. The molecule has 0 nitrogen and oxygen atoms in total. The van der Waals surface area contributed by atoms with Crippen LogP contribution in [0.25, 0.3) is 16.2 Å². The van der Waals surface area contributed by atoms with Gasteiger partial charge in [0.15, 0.2) is 0 Å². The van der Waals surface area contributed by atoms with Crippen molar-refractivity contribution in [2.24, 2.45) is 0 Å². The first kappa shape index (κ1) is 8.38. The van der Waals surface area contributed by atoms with E-state index in [9.17, 15) is 8.78 Å². The van der Waals surface area contributed by atoms with E-state index >= 15 is 0 Å². The highest BCUT2D eigenvalue weighted by atomic mass is 32.1. The second-order valence-corrected chi connectivity index (χ2v) is 3.44. The Kier molecular flexibility index (Phi) is 2.10. The first-order chi connectivity index (χ1) is 6.27. The van der Waals surface area contributed by atoms with Gasteiger partial charge in [0.05, 0.1) is 0 Å². The van der Waals surface area contributed by atoms with E-state index in [2.05, 4.69) is 5.38 Å². The molecule has 1 aromatic carbocycles. The molecular formula is C10H5F2S. The van der Waals surface area contributed by atoms with Crippen molar-refractivity contribution >= 4 is 27.5 Å². The van der Waals surface area contributed by atoms with Gasteiger partial charge in [-0.25, -0.2) is 0 Å². The second-order valence-electron chi connectivity index (χ2n) is 2.56. The minimum atomic E-state index is -1.67. The number of halogens is 2. The third-order valence-corrected chi connectivity index (χ3v) is 2.55. The molecule has 13 heavy (non-hydrogen) atoms. The molecule has 2 aromatic rings. The Balaban J connectivity index is 2.68. The van der Waals surface area contributed by atoms with E-state index in [0.717, 1.165) is 16.2 Å². The number of hydrogen-bond donors (Lipinski definition) is 0. The van der Waals surface area contributed by atoms with E-state index in [1.54, 1.807) is 18.2 Å². The topological polar surface area (TPSA) is 0 Å². The van der Waals surface area contributed by atoms with Crippen LogP contribution in [0.4, 0.5) is 8.78 Å². The smallest absolute Gasteiger partial charge is 0.173 e. The molecule has 0 fully saturated rings. The molecule has 65 valence electrons. The van der Waals surface area contributed by atoms with E-state index in [1.165, 1.54) is 11.3 Å². The molecule has 0 unspecified atom stereocenters. The van der Waals surface area contributed by atoms with Crippen LogP contribution in [0.5, 0.6) is 0 Å². The molecule has 0 aliphatic rings. The van der Waals surface area contributed by atoms with E-state index < -0.39 is 6.08 Å². The normalized spacial score (nSPS) is 10.3. The van der Waals surface area contributed by atoms with Crippen molar-refractivity contribution in [3.05, 3.63) is 41.3 Å². The average Bonchev–Trinajstić information content (AvgIpc) is 2.51. The lowest BCUT2D eigenvalue weighted by molar-refractivity contribution is 0.429. The zero-order valence-corrected chi connectivity index (χ0v) is 7.37. The zero-order valence-electron chi connectivity index (χ0n) is 6.55. The molecule has 0 N–H and O–H groups in total. The van der Waals surface area contributed by atoms with Crippen molar-refractivity contribution in [1.29, 1.82) is 0 Å². The lowest BCUT2D eigenvalue weighted by atomic mass is 10.1. The molecule has 0 spiro atoms. The summed E-state index contributed by atoms with van der Waals surface area (Å²) in [6.07, 6.45) is -0.790. The van der Waals surface area contributed by atoms with Gasteiger partial charge in [0.2, 0.25) is 0 Å². The minimum absolute atomic E-state index is 0.551. The summed E-state index contributed by atoms with van der Waals surface area (Å²) in [6.45, 7) is 0. The van der Waals surface area contributed by atoms with Gasteiger partial charge in [-0.1, -0.05) is 12.1 Å². The zero-order chi connectivity index (χ0) is 9.26. The van der Waals surface area contributed by atoms with Crippen LogP contribution in [-0.4, -0.2) is 0 Å². The monoisotopic (exact) mass is 195 g/mol. The van der Waals surface area contributed by atoms with Crippen molar-refractivity contribution in [2.45, 2.75) is 0 Å². The summed E-state index contributed by atoms with van der Waals surface area (Å²) in [4.78, 5) is 0.